The first-order valence-corrected chi connectivity index (χ1v) is 9.39. The van der Waals surface area contributed by atoms with Crippen LogP contribution < -0.4 is 10.2 Å². The summed E-state index contributed by atoms with van der Waals surface area (Å²) in [6.45, 7) is 3.01. The number of aromatic amines is 1. The average Bonchev–Trinajstić information content (AvgIpc) is 3.17. The number of fused-ring (bicyclic) bond motifs is 1. The van der Waals surface area contributed by atoms with Crippen LogP contribution in [0.4, 0.5) is 5.69 Å². The van der Waals surface area contributed by atoms with E-state index in [2.05, 4.69) is 82.9 Å². The highest BCUT2D eigenvalue weighted by Crippen LogP contribution is 2.30. The quantitative estimate of drug-likeness (QED) is 0.593. The fourth-order valence-electron chi connectivity index (χ4n) is 3.39. The summed E-state index contributed by atoms with van der Waals surface area (Å²) < 4.78 is 0. The van der Waals surface area contributed by atoms with Gasteiger partial charge in [-0.2, -0.15) is 0 Å². The Morgan fingerprint density at radius 3 is 2.77 bits per heavy atom. The van der Waals surface area contributed by atoms with Crippen LogP contribution in [0.25, 0.3) is 5.70 Å². The number of aromatic nitrogens is 1. The molecule has 4 heteroatoms. The van der Waals surface area contributed by atoms with E-state index in [4.69, 9.17) is 11.6 Å². The molecular formula is C22H22ClN3. The Morgan fingerprint density at radius 2 is 1.96 bits per heavy atom. The Bertz CT molecular complexity index is 914. The van der Waals surface area contributed by atoms with Gasteiger partial charge in [0.25, 0.3) is 0 Å². The maximum absolute atomic E-state index is 6.01. The van der Waals surface area contributed by atoms with Crippen LogP contribution in [-0.4, -0.2) is 4.98 Å². The number of nitrogens with one attached hydrogen (secondary N) is 2. The van der Waals surface area contributed by atoms with Crippen molar-refractivity contribution in [2.45, 2.75) is 25.4 Å². The summed E-state index contributed by atoms with van der Waals surface area (Å²) in [5, 5.41) is 3.68. The van der Waals surface area contributed by atoms with Crippen molar-refractivity contribution in [2.24, 2.45) is 0 Å². The number of halogens is 1. The van der Waals surface area contributed by atoms with Crippen LogP contribution in [0.2, 0.25) is 0 Å². The second-order valence-corrected chi connectivity index (χ2v) is 6.89. The van der Waals surface area contributed by atoms with Gasteiger partial charge in [-0.1, -0.05) is 42.5 Å². The van der Waals surface area contributed by atoms with Gasteiger partial charge in [0.1, 0.15) is 0 Å². The zero-order chi connectivity index (χ0) is 17.9. The molecule has 0 saturated carbocycles. The van der Waals surface area contributed by atoms with Crippen LogP contribution in [-0.2, 0) is 12.4 Å². The molecule has 2 aromatic carbocycles. The van der Waals surface area contributed by atoms with E-state index in [-0.39, 0.29) is 6.04 Å². The standard InChI is InChI=1S/C22H22ClN3/c1-16(18-7-3-2-4-8-18)25-22-15-26(14-21-20(22)10-11-24-21)19-9-5-6-17(12-19)13-23/h2-12,15-16,24-25H,13-14H2,1H3/t16-/m1/s1. The summed E-state index contributed by atoms with van der Waals surface area (Å²) >= 11 is 6.01. The molecule has 0 radical (unpaired) electrons. The number of hydrogen-bond donors (Lipinski definition) is 2. The first-order chi connectivity index (χ1) is 12.7. The molecule has 2 heterocycles. The highest BCUT2D eigenvalue weighted by atomic mass is 35.5. The third kappa shape index (κ3) is 3.35. The Kier molecular flexibility index (Phi) is 4.72. The number of nitrogens with zero attached hydrogens (tertiary/aromatic N) is 1. The van der Waals surface area contributed by atoms with Gasteiger partial charge < -0.3 is 15.2 Å². The van der Waals surface area contributed by atoms with E-state index in [1.165, 1.54) is 16.8 Å². The molecule has 0 spiro atoms. The molecule has 0 fully saturated rings. The Balaban J connectivity index is 1.65. The van der Waals surface area contributed by atoms with Gasteiger partial charge in [0, 0.05) is 41.3 Å². The van der Waals surface area contributed by atoms with Gasteiger partial charge in [-0.3, -0.25) is 0 Å². The third-order valence-corrected chi connectivity index (χ3v) is 5.11. The van der Waals surface area contributed by atoms with Gasteiger partial charge in [0.2, 0.25) is 0 Å². The van der Waals surface area contributed by atoms with Gasteiger partial charge in [-0.25, -0.2) is 0 Å². The summed E-state index contributed by atoms with van der Waals surface area (Å²) in [6, 6.07) is 21.3. The molecule has 0 aliphatic carbocycles. The number of anilines is 1. The zero-order valence-electron chi connectivity index (χ0n) is 14.7. The van der Waals surface area contributed by atoms with Gasteiger partial charge in [0.05, 0.1) is 12.2 Å². The van der Waals surface area contributed by atoms with Crippen LogP contribution in [0.3, 0.4) is 0 Å². The molecule has 132 valence electrons. The normalized spacial score (nSPS) is 14.5. The summed E-state index contributed by atoms with van der Waals surface area (Å²) in [6.07, 6.45) is 4.20. The Labute approximate surface area is 159 Å². The minimum Gasteiger partial charge on any atom is -0.377 e. The Morgan fingerprint density at radius 1 is 1.12 bits per heavy atom. The smallest absolute Gasteiger partial charge is 0.0634 e. The van der Waals surface area contributed by atoms with Crippen LogP contribution >= 0.6 is 11.6 Å². The SMILES string of the molecule is C[C@@H](NC1=CN(c2cccc(CCl)c2)Cc2[nH]ccc21)c1ccccc1. The van der Waals surface area contributed by atoms with E-state index in [1.807, 2.05) is 12.3 Å². The van der Waals surface area contributed by atoms with E-state index in [0.717, 1.165) is 23.5 Å². The molecule has 1 aliphatic rings. The van der Waals surface area contributed by atoms with Gasteiger partial charge >= 0.3 is 0 Å². The summed E-state index contributed by atoms with van der Waals surface area (Å²) in [5.74, 6) is 0.523. The lowest BCUT2D eigenvalue weighted by molar-refractivity contribution is 0.694. The van der Waals surface area contributed by atoms with Crippen LogP contribution in [0.1, 0.15) is 35.3 Å². The molecule has 26 heavy (non-hydrogen) atoms. The fraction of sp³-hybridized carbons (Fsp3) is 0.182. The molecule has 4 rings (SSSR count). The van der Waals surface area contributed by atoms with E-state index in [9.17, 15) is 0 Å². The fourth-order valence-corrected chi connectivity index (χ4v) is 3.55. The predicted molar refractivity (Wildman–Crippen MR) is 109 cm³/mol. The molecule has 0 unspecified atom stereocenters. The number of H-pyrrole nitrogens is 1. The van der Waals surface area contributed by atoms with E-state index in [1.54, 1.807) is 0 Å². The van der Waals surface area contributed by atoms with Crippen molar-refractivity contribution >= 4 is 23.0 Å². The van der Waals surface area contributed by atoms with Crippen molar-refractivity contribution in [3.8, 4) is 0 Å². The van der Waals surface area contributed by atoms with E-state index < -0.39 is 0 Å². The lowest BCUT2D eigenvalue weighted by Gasteiger charge is -2.29. The number of benzene rings is 2. The number of hydrogen-bond acceptors (Lipinski definition) is 2. The highest BCUT2D eigenvalue weighted by molar-refractivity contribution is 6.17. The Hall–Kier alpha value is -2.65. The van der Waals surface area contributed by atoms with Gasteiger partial charge in [-0.15, -0.1) is 11.6 Å². The first-order valence-electron chi connectivity index (χ1n) is 8.86. The van der Waals surface area contributed by atoms with Crippen molar-refractivity contribution < 1.29 is 0 Å². The summed E-state index contributed by atoms with van der Waals surface area (Å²) in [7, 11) is 0. The molecule has 1 aromatic heterocycles. The molecule has 1 aliphatic heterocycles. The number of rotatable bonds is 5. The zero-order valence-corrected chi connectivity index (χ0v) is 15.5. The van der Waals surface area contributed by atoms with Crippen LogP contribution in [0.5, 0.6) is 0 Å². The maximum Gasteiger partial charge on any atom is 0.0634 e. The third-order valence-electron chi connectivity index (χ3n) is 4.80. The maximum atomic E-state index is 6.01. The number of alkyl halides is 1. The van der Waals surface area contributed by atoms with Gasteiger partial charge in [-0.05, 0) is 36.2 Å². The second kappa shape index (κ2) is 7.30. The van der Waals surface area contributed by atoms with Crippen LogP contribution in [0.15, 0.2) is 73.1 Å². The van der Waals surface area contributed by atoms with Crippen molar-refractivity contribution in [3.05, 3.63) is 95.4 Å². The molecule has 3 aromatic rings. The van der Waals surface area contributed by atoms with Crippen molar-refractivity contribution in [2.75, 3.05) is 4.90 Å². The summed E-state index contributed by atoms with van der Waals surface area (Å²) in [5.41, 5.74) is 7.12. The summed E-state index contributed by atoms with van der Waals surface area (Å²) in [4.78, 5) is 5.64. The lowest BCUT2D eigenvalue weighted by atomic mass is 10.0. The van der Waals surface area contributed by atoms with Crippen molar-refractivity contribution in [1.82, 2.24) is 10.3 Å². The largest absolute Gasteiger partial charge is 0.377 e. The molecule has 2 N–H and O–H groups in total. The topological polar surface area (TPSA) is 31.1 Å². The van der Waals surface area contributed by atoms with E-state index >= 15 is 0 Å². The molecule has 0 amide bonds. The molecule has 0 saturated heterocycles. The van der Waals surface area contributed by atoms with Crippen molar-refractivity contribution in [1.29, 1.82) is 0 Å². The average molecular weight is 364 g/mol. The van der Waals surface area contributed by atoms with Crippen LogP contribution in [0, 0.1) is 0 Å². The minimum atomic E-state index is 0.222. The van der Waals surface area contributed by atoms with Gasteiger partial charge in [0.15, 0.2) is 0 Å². The molecular weight excluding hydrogens is 342 g/mol. The predicted octanol–water partition coefficient (Wildman–Crippen LogP) is 5.42. The first kappa shape index (κ1) is 16.8. The highest BCUT2D eigenvalue weighted by Gasteiger charge is 2.21. The minimum absolute atomic E-state index is 0.222. The monoisotopic (exact) mass is 363 g/mol. The molecule has 1 atom stereocenters. The van der Waals surface area contributed by atoms with Crippen molar-refractivity contribution in [3.63, 3.8) is 0 Å². The molecule has 0 bridgehead atoms. The molecule has 3 nitrogen and oxygen atoms in total. The lowest BCUT2D eigenvalue weighted by Crippen LogP contribution is -2.27. The second-order valence-electron chi connectivity index (χ2n) is 6.62. The van der Waals surface area contributed by atoms with E-state index in [0.29, 0.717) is 5.88 Å².